The second-order valence-corrected chi connectivity index (χ2v) is 2.06. The summed E-state index contributed by atoms with van der Waals surface area (Å²) in [5.74, 6) is -0.284. The number of rotatable bonds is 3. The number of Topliss-reactive ketones (excluding diaryl/α,β-unsaturated/α-hetero) is 1. The van der Waals surface area contributed by atoms with Gasteiger partial charge in [-0.3, -0.25) is 4.79 Å². The van der Waals surface area contributed by atoms with E-state index in [1.807, 2.05) is 6.07 Å². The van der Waals surface area contributed by atoms with Gasteiger partial charge >= 0.3 is 0 Å². The molecule has 59 valence electrons. The van der Waals surface area contributed by atoms with Crippen LogP contribution in [0, 0.1) is 6.54 Å². The van der Waals surface area contributed by atoms with E-state index in [1.54, 1.807) is 24.3 Å². The highest BCUT2D eigenvalue weighted by molar-refractivity contribution is 6.02. The molecule has 1 aromatic carbocycles. The predicted octanol–water partition coefficient (Wildman–Crippen LogP) is 2.34. The lowest BCUT2D eigenvalue weighted by atomic mass is 10.1. The first-order valence-corrected chi connectivity index (χ1v) is 3.31. The average Bonchev–Trinajstić information content (AvgIpc) is 2.15. The molecule has 0 aliphatic carbocycles. The maximum absolute atomic E-state index is 11.1. The summed E-state index contributed by atoms with van der Waals surface area (Å²) < 4.78 is 0. The van der Waals surface area contributed by atoms with Crippen molar-refractivity contribution in [3.05, 3.63) is 52.9 Å². The van der Waals surface area contributed by atoms with E-state index in [-0.39, 0.29) is 5.78 Å². The minimum absolute atomic E-state index is 0.284. The molecule has 0 saturated carbocycles. The molecular formula is C8H6N3O. The molecule has 0 spiro atoms. The minimum atomic E-state index is -0.284. The number of carbonyl (C=O) groups excluding carboxylic acids is 1. The van der Waals surface area contributed by atoms with Crippen molar-refractivity contribution in [1.82, 2.24) is 0 Å². The maximum atomic E-state index is 11.1. The normalized spacial score (nSPS) is 8.67. The smallest absolute Gasteiger partial charge is 0.172 e. The standard InChI is InChI=1S/C8H6N3O/c9-11-10-6-8(12)7-4-2-1-3-5-7/h1-6H. The fraction of sp³-hybridized carbons (Fsp3) is 0. The first-order valence-electron chi connectivity index (χ1n) is 3.31. The largest absolute Gasteiger partial charge is 0.294 e. The summed E-state index contributed by atoms with van der Waals surface area (Å²) in [5.41, 5.74) is 8.46. The Balaban J connectivity index is 2.72. The van der Waals surface area contributed by atoms with E-state index in [1.165, 1.54) is 0 Å². The zero-order valence-electron chi connectivity index (χ0n) is 6.21. The highest BCUT2D eigenvalue weighted by Crippen LogP contribution is 2.02. The van der Waals surface area contributed by atoms with Gasteiger partial charge in [-0.15, -0.1) is 0 Å². The van der Waals surface area contributed by atoms with E-state index in [4.69, 9.17) is 5.53 Å². The van der Waals surface area contributed by atoms with Crippen molar-refractivity contribution >= 4 is 5.78 Å². The molecule has 12 heavy (non-hydrogen) atoms. The van der Waals surface area contributed by atoms with Gasteiger partial charge in [0.25, 0.3) is 0 Å². The van der Waals surface area contributed by atoms with E-state index < -0.39 is 0 Å². The number of azide groups is 1. The number of carbonyl (C=O) groups is 1. The Hall–Kier alpha value is -1.80. The summed E-state index contributed by atoms with van der Waals surface area (Å²) in [6, 6.07) is 8.62. The van der Waals surface area contributed by atoms with E-state index in [2.05, 4.69) is 10.0 Å². The summed E-state index contributed by atoms with van der Waals surface area (Å²) in [7, 11) is 0. The van der Waals surface area contributed by atoms with Crippen LogP contribution in [0.15, 0.2) is 35.4 Å². The quantitative estimate of drug-likeness (QED) is 0.289. The summed E-state index contributed by atoms with van der Waals surface area (Å²) in [6.07, 6.45) is 0. The van der Waals surface area contributed by atoms with Crippen molar-refractivity contribution in [3.63, 3.8) is 0 Å². The summed E-state index contributed by atoms with van der Waals surface area (Å²) in [4.78, 5) is 13.5. The monoisotopic (exact) mass is 160 g/mol. The molecule has 0 atom stereocenters. The van der Waals surface area contributed by atoms with Gasteiger partial charge in [-0.1, -0.05) is 35.4 Å². The van der Waals surface area contributed by atoms with Crippen molar-refractivity contribution in [2.24, 2.45) is 5.11 Å². The van der Waals surface area contributed by atoms with Crippen LogP contribution in [0.5, 0.6) is 0 Å². The van der Waals surface area contributed by atoms with Gasteiger partial charge in [0, 0.05) is 10.5 Å². The molecule has 1 aromatic rings. The molecule has 0 bridgehead atoms. The molecule has 0 unspecified atom stereocenters. The van der Waals surface area contributed by atoms with Gasteiger partial charge in [0.1, 0.15) is 6.54 Å². The highest BCUT2D eigenvalue weighted by atomic mass is 16.1. The second kappa shape index (κ2) is 4.16. The van der Waals surface area contributed by atoms with Crippen LogP contribution in [0.3, 0.4) is 0 Å². The zero-order valence-corrected chi connectivity index (χ0v) is 6.21. The molecule has 0 fully saturated rings. The van der Waals surface area contributed by atoms with Crippen LogP contribution in [0.4, 0.5) is 0 Å². The fourth-order valence-corrected chi connectivity index (χ4v) is 0.755. The Morgan fingerprint density at radius 1 is 1.42 bits per heavy atom. The highest BCUT2D eigenvalue weighted by Gasteiger charge is 2.01. The van der Waals surface area contributed by atoms with E-state index in [0.29, 0.717) is 5.56 Å². The Morgan fingerprint density at radius 3 is 2.67 bits per heavy atom. The molecule has 4 nitrogen and oxygen atoms in total. The zero-order chi connectivity index (χ0) is 8.81. The molecule has 0 aliphatic heterocycles. The summed E-state index contributed by atoms with van der Waals surface area (Å²) in [6.45, 7) is 0.954. The molecule has 0 heterocycles. The van der Waals surface area contributed by atoms with Gasteiger partial charge in [-0.25, -0.2) is 0 Å². The predicted molar refractivity (Wildman–Crippen MR) is 44.2 cm³/mol. The number of nitrogens with zero attached hydrogens (tertiary/aromatic N) is 3. The molecule has 0 aliphatic rings. The van der Waals surface area contributed by atoms with E-state index in [9.17, 15) is 4.79 Å². The van der Waals surface area contributed by atoms with Gasteiger partial charge in [-0.2, -0.15) is 0 Å². The lowest BCUT2D eigenvalue weighted by molar-refractivity contribution is 0.102. The molecule has 1 rings (SSSR count). The average molecular weight is 160 g/mol. The van der Waals surface area contributed by atoms with Crippen molar-refractivity contribution in [1.29, 1.82) is 0 Å². The fourth-order valence-electron chi connectivity index (χ4n) is 0.755. The van der Waals surface area contributed by atoms with Gasteiger partial charge < -0.3 is 0 Å². The van der Waals surface area contributed by atoms with Crippen LogP contribution < -0.4 is 0 Å². The second-order valence-electron chi connectivity index (χ2n) is 2.06. The number of ketones is 1. The third kappa shape index (κ3) is 2.11. The third-order valence-electron chi connectivity index (χ3n) is 1.28. The van der Waals surface area contributed by atoms with Crippen molar-refractivity contribution in [2.75, 3.05) is 0 Å². The molecule has 0 amide bonds. The molecule has 0 aromatic heterocycles. The van der Waals surface area contributed by atoms with Crippen LogP contribution in [0.2, 0.25) is 0 Å². The molecule has 0 N–H and O–H groups in total. The Labute approximate surface area is 69.5 Å². The number of hydrogen-bond acceptors (Lipinski definition) is 2. The van der Waals surface area contributed by atoms with Crippen LogP contribution in [-0.2, 0) is 0 Å². The molecule has 4 heteroatoms. The van der Waals surface area contributed by atoms with Crippen molar-refractivity contribution < 1.29 is 4.79 Å². The molecule has 0 saturated heterocycles. The van der Waals surface area contributed by atoms with Crippen molar-refractivity contribution in [2.45, 2.75) is 0 Å². The maximum Gasteiger partial charge on any atom is 0.172 e. The van der Waals surface area contributed by atoms with E-state index >= 15 is 0 Å². The first-order chi connectivity index (χ1) is 5.84. The Morgan fingerprint density at radius 2 is 2.08 bits per heavy atom. The SMILES string of the molecule is [N-]=[N+]=N[CH]C(=O)c1ccccc1. The van der Waals surface area contributed by atoms with Crippen molar-refractivity contribution in [3.8, 4) is 0 Å². The van der Waals surface area contributed by atoms with Gasteiger partial charge in [0.05, 0.1) is 0 Å². The Bertz CT molecular complexity index is 314. The lowest BCUT2D eigenvalue weighted by Gasteiger charge is -1.93. The van der Waals surface area contributed by atoms with E-state index in [0.717, 1.165) is 6.54 Å². The summed E-state index contributed by atoms with van der Waals surface area (Å²) in [5, 5.41) is 3.05. The van der Waals surface area contributed by atoms with Gasteiger partial charge in [0.2, 0.25) is 0 Å². The number of benzene rings is 1. The van der Waals surface area contributed by atoms with Crippen LogP contribution in [0.1, 0.15) is 10.4 Å². The topological polar surface area (TPSA) is 65.8 Å². The number of hydrogen-bond donors (Lipinski definition) is 0. The van der Waals surface area contributed by atoms with Crippen LogP contribution >= 0.6 is 0 Å². The Kier molecular flexibility index (Phi) is 2.87. The van der Waals surface area contributed by atoms with Gasteiger partial charge in [0.15, 0.2) is 5.78 Å². The third-order valence-corrected chi connectivity index (χ3v) is 1.28. The first kappa shape index (κ1) is 8.30. The summed E-state index contributed by atoms with van der Waals surface area (Å²) >= 11 is 0. The lowest BCUT2D eigenvalue weighted by Crippen LogP contribution is -1.96. The molecular weight excluding hydrogens is 154 g/mol. The van der Waals surface area contributed by atoms with Crippen LogP contribution in [0.25, 0.3) is 10.4 Å². The minimum Gasteiger partial charge on any atom is -0.294 e. The van der Waals surface area contributed by atoms with Gasteiger partial charge in [-0.05, 0) is 5.53 Å². The van der Waals surface area contributed by atoms with Crippen LogP contribution in [-0.4, -0.2) is 5.78 Å². The molecule has 1 radical (unpaired) electrons.